The Morgan fingerprint density at radius 2 is 1.83 bits per heavy atom. The van der Waals surface area contributed by atoms with Crippen LogP contribution in [0.3, 0.4) is 0 Å². The second kappa shape index (κ2) is 7.49. The van der Waals surface area contributed by atoms with Gasteiger partial charge in [-0.2, -0.15) is 0 Å². The fraction of sp³-hybridized carbons (Fsp3) is 0.211. The third-order valence-electron chi connectivity index (χ3n) is 3.51. The molecule has 0 aliphatic rings. The number of nitrogens with one attached hydrogen (secondary N) is 1. The number of anilines is 1. The molecule has 1 amide bonds. The molecule has 4 nitrogen and oxygen atoms in total. The van der Waals surface area contributed by atoms with Gasteiger partial charge < -0.3 is 14.8 Å². The van der Waals surface area contributed by atoms with Crippen LogP contribution in [-0.2, 0) is 4.79 Å². The van der Waals surface area contributed by atoms with E-state index in [0.717, 1.165) is 22.4 Å². The van der Waals surface area contributed by atoms with Gasteiger partial charge in [-0.1, -0.05) is 12.1 Å². The first-order valence-corrected chi connectivity index (χ1v) is 7.32. The van der Waals surface area contributed by atoms with E-state index in [1.165, 1.54) is 6.08 Å². The number of ether oxygens (including phenoxy) is 2. The van der Waals surface area contributed by atoms with Gasteiger partial charge in [0.2, 0.25) is 5.91 Å². The molecule has 0 atom stereocenters. The maximum atomic E-state index is 12.1. The third kappa shape index (κ3) is 4.36. The lowest BCUT2D eigenvalue weighted by Gasteiger charge is -2.08. The molecule has 0 fully saturated rings. The van der Waals surface area contributed by atoms with Gasteiger partial charge in [0.25, 0.3) is 0 Å². The molecule has 23 heavy (non-hydrogen) atoms. The third-order valence-corrected chi connectivity index (χ3v) is 3.51. The SMILES string of the molecule is COc1ccc(/C=C/C(=O)Nc2cc(C)ccc2C)c(OC)c1. The molecule has 120 valence electrons. The Morgan fingerprint density at radius 3 is 2.52 bits per heavy atom. The molecule has 2 rings (SSSR count). The average molecular weight is 311 g/mol. The van der Waals surface area contributed by atoms with Gasteiger partial charge in [0, 0.05) is 23.4 Å². The van der Waals surface area contributed by atoms with Crippen molar-refractivity contribution in [3.05, 3.63) is 59.2 Å². The van der Waals surface area contributed by atoms with Gasteiger partial charge in [0.15, 0.2) is 0 Å². The molecule has 4 heteroatoms. The Hall–Kier alpha value is -2.75. The highest BCUT2D eigenvalue weighted by atomic mass is 16.5. The fourth-order valence-corrected chi connectivity index (χ4v) is 2.17. The molecule has 2 aromatic carbocycles. The van der Waals surface area contributed by atoms with Crippen molar-refractivity contribution >= 4 is 17.7 Å². The van der Waals surface area contributed by atoms with Crippen LogP contribution in [0.25, 0.3) is 6.08 Å². The van der Waals surface area contributed by atoms with Gasteiger partial charge in [0.1, 0.15) is 11.5 Å². The van der Waals surface area contributed by atoms with Crippen molar-refractivity contribution in [2.45, 2.75) is 13.8 Å². The number of hydrogen-bond donors (Lipinski definition) is 1. The summed E-state index contributed by atoms with van der Waals surface area (Å²) in [5, 5.41) is 2.89. The molecule has 0 saturated heterocycles. The lowest BCUT2D eigenvalue weighted by Crippen LogP contribution is -2.09. The monoisotopic (exact) mass is 311 g/mol. The summed E-state index contributed by atoms with van der Waals surface area (Å²) in [6.07, 6.45) is 3.21. The highest BCUT2D eigenvalue weighted by Gasteiger charge is 2.05. The zero-order chi connectivity index (χ0) is 16.8. The average Bonchev–Trinajstić information content (AvgIpc) is 2.56. The second-order valence-electron chi connectivity index (χ2n) is 5.25. The number of amides is 1. The van der Waals surface area contributed by atoms with Crippen LogP contribution in [0.2, 0.25) is 0 Å². The fourth-order valence-electron chi connectivity index (χ4n) is 2.17. The van der Waals surface area contributed by atoms with Crippen molar-refractivity contribution in [1.29, 1.82) is 0 Å². The van der Waals surface area contributed by atoms with Gasteiger partial charge in [-0.3, -0.25) is 4.79 Å². The summed E-state index contributed by atoms with van der Waals surface area (Å²) in [6.45, 7) is 3.96. The number of carbonyl (C=O) groups is 1. The topological polar surface area (TPSA) is 47.6 Å². The molecule has 0 aromatic heterocycles. The highest BCUT2D eigenvalue weighted by Crippen LogP contribution is 2.25. The molecule has 0 aliphatic heterocycles. The van der Waals surface area contributed by atoms with Crippen molar-refractivity contribution < 1.29 is 14.3 Å². The van der Waals surface area contributed by atoms with Crippen molar-refractivity contribution in [2.75, 3.05) is 19.5 Å². The second-order valence-corrected chi connectivity index (χ2v) is 5.25. The Labute approximate surface area is 136 Å². The van der Waals surface area contributed by atoms with Crippen molar-refractivity contribution in [3.63, 3.8) is 0 Å². The minimum absolute atomic E-state index is 0.184. The number of carbonyl (C=O) groups excluding carboxylic acids is 1. The number of rotatable bonds is 5. The molecule has 0 unspecified atom stereocenters. The van der Waals surface area contributed by atoms with Crippen LogP contribution in [-0.4, -0.2) is 20.1 Å². The quantitative estimate of drug-likeness (QED) is 0.850. The number of methoxy groups -OCH3 is 2. The van der Waals surface area contributed by atoms with Gasteiger partial charge in [-0.25, -0.2) is 0 Å². The summed E-state index contributed by atoms with van der Waals surface area (Å²) >= 11 is 0. The van der Waals surface area contributed by atoms with E-state index in [-0.39, 0.29) is 5.91 Å². The normalized spacial score (nSPS) is 10.6. The van der Waals surface area contributed by atoms with Crippen LogP contribution in [0.15, 0.2) is 42.5 Å². The largest absolute Gasteiger partial charge is 0.497 e. The smallest absolute Gasteiger partial charge is 0.248 e. The Kier molecular flexibility index (Phi) is 5.41. The summed E-state index contributed by atoms with van der Waals surface area (Å²) in [6, 6.07) is 11.4. The predicted molar refractivity (Wildman–Crippen MR) is 93.1 cm³/mol. The summed E-state index contributed by atoms with van der Waals surface area (Å²) in [4.78, 5) is 12.1. The van der Waals surface area contributed by atoms with E-state index in [1.54, 1.807) is 26.4 Å². The standard InChI is InChI=1S/C19H21NO3/c1-13-5-6-14(2)17(11-13)20-19(21)10-8-15-7-9-16(22-3)12-18(15)23-4/h5-12H,1-4H3,(H,20,21)/b10-8+. The summed E-state index contributed by atoms with van der Waals surface area (Å²) in [5.41, 5.74) is 3.76. The lowest BCUT2D eigenvalue weighted by atomic mass is 10.1. The van der Waals surface area contributed by atoms with E-state index in [2.05, 4.69) is 5.32 Å². The molecular weight excluding hydrogens is 290 g/mol. The molecule has 0 aliphatic carbocycles. The van der Waals surface area contributed by atoms with E-state index >= 15 is 0 Å². The minimum atomic E-state index is -0.184. The van der Waals surface area contributed by atoms with Crippen molar-refractivity contribution in [2.24, 2.45) is 0 Å². The molecule has 0 spiro atoms. The van der Waals surface area contributed by atoms with E-state index in [1.807, 2.05) is 44.2 Å². The first-order chi connectivity index (χ1) is 11.0. The zero-order valence-corrected chi connectivity index (χ0v) is 13.8. The van der Waals surface area contributed by atoms with E-state index in [4.69, 9.17) is 9.47 Å². The van der Waals surface area contributed by atoms with Crippen LogP contribution in [0, 0.1) is 13.8 Å². The molecule has 2 aromatic rings. The first kappa shape index (κ1) is 16.6. The van der Waals surface area contributed by atoms with E-state index in [0.29, 0.717) is 11.5 Å². The van der Waals surface area contributed by atoms with Gasteiger partial charge >= 0.3 is 0 Å². The highest BCUT2D eigenvalue weighted by molar-refractivity contribution is 6.02. The van der Waals surface area contributed by atoms with Crippen LogP contribution >= 0.6 is 0 Å². The molecule has 0 saturated carbocycles. The Morgan fingerprint density at radius 1 is 1.04 bits per heavy atom. The number of aryl methyl sites for hydroxylation is 2. The maximum Gasteiger partial charge on any atom is 0.248 e. The predicted octanol–water partition coefficient (Wildman–Crippen LogP) is 3.97. The molecular formula is C19H21NO3. The zero-order valence-electron chi connectivity index (χ0n) is 13.8. The van der Waals surface area contributed by atoms with Crippen molar-refractivity contribution in [3.8, 4) is 11.5 Å². The molecule has 1 N–H and O–H groups in total. The lowest BCUT2D eigenvalue weighted by molar-refractivity contribution is -0.111. The summed E-state index contributed by atoms with van der Waals surface area (Å²) < 4.78 is 10.5. The number of benzene rings is 2. The van der Waals surface area contributed by atoms with E-state index in [9.17, 15) is 4.79 Å². The molecule has 0 bridgehead atoms. The van der Waals surface area contributed by atoms with Crippen LogP contribution in [0.1, 0.15) is 16.7 Å². The van der Waals surface area contributed by atoms with Crippen LogP contribution < -0.4 is 14.8 Å². The Bertz CT molecular complexity index is 735. The number of hydrogen-bond acceptors (Lipinski definition) is 3. The maximum absolute atomic E-state index is 12.1. The van der Waals surface area contributed by atoms with Gasteiger partial charge in [-0.15, -0.1) is 0 Å². The van der Waals surface area contributed by atoms with Gasteiger partial charge in [0.05, 0.1) is 14.2 Å². The minimum Gasteiger partial charge on any atom is -0.497 e. The van der Waals surface area contributed by atoms with Crippen molar-refractivity contribution in [1.82, 2.24) is 0 Å². The van der Waals surface area contributed by atoms with Gasteiger partial charge in [-0.05, 0) is 49.2 Å². The first-order valence-electron chi connectivity index (χ1n) is 7.32. The molecule has 0 radical (unpaired) electrons. The van der Waals surface area contributed by atoms with E-state index < -0.39 is 0 Å². The Balaban J connectivity index is 2.13. The van der Waals surface area contributed by atoms with Crippen LogP contribution in [0.5, 0.6) is 11.5 Å². The molecule has 0 heterocycles. The summed E-state index contributed by atoms with van der Waals surface area (Å²) in [7, 11) is 3.18. The van der Waals surface area contributed by atoms with Crippen LogP contribution in [0.4, 0.5) is 5.69 Å². The summed E-state index contributed by atoms with van der Waals surface area (Å²) in [5.74, 6) is 1.18.